The SMILES string of the molecule is CC(C(=O)NC(N)=O)N1CCC(n2c(=O)[nH]c3ccccc32)CC1. The number of imide groups is 1. The van der Waals surface area contributed by atoms with Crippen molar-refractivity contribution in [3.8, 4) is 0 Å². The molecule has 128 valence electrons. The molecule has 8 nitrogen and oxygen atoms in total. The van der Waals surface area contributed by atoms with Crippen LogP contribution in [0.25, 0.3) is 11.0 Å². The van der Waals surface area contributed by atoms with Crippen LogP contribution in [0, 0.1) is 0 Å². The molecule has 3 amide bonds. The van der Waals surface area contributed by atoms with Crippen LogP contribution in [0.5, 0.6) is 0 Å². The van der Waals surface area contributed by atoms with Gasteiger partial charge in [0, 0.05) is 19.1 Å². The van der Waals surface area contributed by atoms with Crippen molar-refractivity contribution in [2.45, 2.75) is 31.8 Å². The number of fused-ring (bicyclic) bond motifs is 1. The van der Waals surface area contributed by atoms with Crippen LogP contribution >= 0.6 is 0 Å². The molecule has 0 spiro atoms. The molecule has 0 aliphatic carbocycles. The number of likely N-dealkylation sites (tertiary alicyclic amines) is 1. The molecule has 1 aliphatic heterocycles. The zero-order chi connectivity index (χ0) is 17.3. The van der Waals surface area contributed by atoms with Gasteiger partial charge < -0.3 is 10.7 Å². The Morgan fingerprint density at radius 2 is 1.96 bits per heavy atom. The second-order valence-electron chi connectivity index (χ2n) is 6.11. The zero-order valence-electron chi connectivity index (χ0n) is 13.5. The number of primary amides is 1. The Morgan fingerprint density at radius 1 is 1.29 bits per heavy atom. The fourth-order valence-electron chi connectivity index (χ4n) is 3.36. The summed E-state index contributed by atoms with van der Waals surface area (Å²) < 4.78 is 1.81. The van der Waals surface area contributed by atoms with E-state index in [1.54, 1.807) is 11.5 Å². The van der Waals surface area contributed by atoms with Gasteiger partial charge in [0.15, 0.2) is 0 Å². The Balaban J connectivity index is 1.71. The summed E-state index contributed by atoms with van der Waals surface area (Å²) >= 11 is 0. The lowest BCUT2D eigenvalue weighted by Gasteiger charge is -2.35. The number of benzene rings is 1. The average molecular weight is 331 g/mol. The molecule has 3 rings (SSSR count). The van der Waals surface area contributed by atoms with Crippen molar-refractivity contribution in [1.29, 1.82) is 0 Å². The molecule has 1 unspecified atom stereocenters. The minimum atomic E-state index is -0.841. The Bertz CT molecular complexity index is 816. The fourth-order valence-corrected chi connectivity index (χ4v) is 3.36. The molecule has 1 aliphatic rings. The summed E-state index contributed by atoms with van der Waals surface area (Å²) in [6.45, 7) is 3.09. The number of piperidine rings is 1. The maximum atomic E-state index is 12.3. The zero-order valence-corrected chi connectivity index (χ0v) is 13.5. The Labute approximate surface area is 138 Å². The van der Waals surface area contributed by atoms with Gasteiger partial charge in [-0.15, -0.1) is 0 Å². The van der Waals surface area contributed by atoms with Crippen molar-refractivity contribution in [2.24, 2.45) is 5.73 Å². The highest BCUT2D eigenvalue weighted by Crippen LogP contribution is 2.25. The molecule has 1 aromatic carbocycles. The number of hydrogen-bond donors (Lipinski definition) is 3. The third-order valence-electron chi connectivity index (χ3n) is 4.66. The van der Waals surface area contributed by atoms with Gasteiger partial charge in [0.2, 0.25) is 5.91 Å². The number of nitrogens with zero attached hydrogens (tertiary/aromatic N) is 2. The Kier molecular flexibility index (Phi) is 4.39. The highest BCUT2D eigenvalue weighted by molar-refractivity contribution is 5.96. The van der Waals surface area contributed by atoms with E-state index >= 15 is 0 Å². The van der Waals surface area contributed by atoms with Gasteiger partial charge in [-0.25, -0.2) is 9.59 Å². The van der Waals surface area contributed by atoms with E-state index in [9.17, 15) is 14.4 Å². The molecule has 1 saturated heterocycles. The van der Waals surface area contributed by atoms with Gasteiger partial charge in [0.25, 0.3) is 0 Å². The third-order valence-corrected chi connectivity index (χ3v) is 4.66. The number of carbonyl (C=O) groups is 2. The number of aromatic amines is 1. The lowest BCUT2D eigenvalue weighted by atomic mass is 10.0. The van der Waals surface area contributed by atoms with E-state index < -0.39 is 18.0 Å². The second-order valence-corrected chi connectivity index (χ2v) is 6.11. The van der Waals surface area contributed by atoms with E-state index in [4.69, 9.17) is 5.73 Å². The molecular formula is C16H21N5O3. The van der Waals surface area contributed by atoms with Gasteiger partial charge in [-0.05, 0) is 31.9 Å². The van der Waals surface area contributed by atoms with Crippen LogP contribution in [0.4, 0.5) is 4.79 Å². The summed E-state index contributed by atoms with van der Waals surface area (Å²) in [4.78, 5) is 39.8. The van der Waals surface area contributed by atoms with Crippen molar-refractivity contribution in [2.75, 3.05) is 13.1 Å². The fraction of sp³-hybridized carbons (Fsp3) is 0.438. The van der Waals surface area contributed by atoms with Crippen molar-refractivity contribution < 1.29 is 9.59 Å². The molecular weight excluding hydrogens is 310 g/mol. The van der Waals surface area contributed by atoms with Gasteiger partial charge in [-0.2, -0.15) is 0 Å². The number of nitrogens with one attached hydrogen (secondary N) is 2. The summed E-state index contributed by atoms with van der Waals surface area (Å²) in [5.74, 6) is -0.398. The van der Waals surface area contributed by atoms with Crippen molar-refractivity contribution >= 4 is 23.0 Å². The predicted octanol–water partition coefficient (Wildman–Crippen LogP) is 0.550. The maximum Gasteiger partial charge on any atom is 0.326 e. The number of urea groups is 1. The molecule has 4 N–H and O–H groups in total. The predicted molar refractivity (Wildman–Crippen MR) is 89.6 cm³/mol. The van der Waals surface area contributed by atoms with Crippen LogP contribution in [0.15, 0.2) is 29.1 Å². The first-order valence-corrected chi connectivity index (χ1v) is 8.01. The number of aromatic nitrogens is 2. The highest BCUT2D eigenvalue weighted by atomic mass is 16.2. The lowest BCUT2D eigenvalue weighted by molar-refractivity contribution is -0.125. The normalized spacial score (nSPS) is 17.7. The molecule has 0 bridgehead atoms. The monoisotopic (exact) mass is 331 g/mol. The highest BCUT2D eigenvalue weighted by Gasteiger charge is 2.29. The van der Waals surface area contributed by atoms with E-state index in [-0.39, 0.29) is 11.7 Å². The Hall–Kier alpha value is -2.61. The first kappa shape index (κ1) is 16.3. The summed E-state index contributed by atoms with van der Waals surface area (Å²) in [6, 6.07) is 6.45. The molecule has 1 atom stereocenters. The van der Waals surface area contributed by atoms with E-state index in [1.165, 1.54) is 0 Å². The van der Waals surface area contributed by atoms with Crippen molar-refractivity contribution in [3.05, 3.63) is 34.7 Å². The topological polar surface area (TPSA) is 113 Å². The first-order chi connectivity index (χ1) is 11.5. The van der Waals surface area contributed by atoms with Crippen molar-refractivity contribution in [3.63, 3.8) is 0 Å². The van der Waals surface area contributed by atoms with Crippen LogP contribution in [0.2, 0.25) is 0 Å². The Morgan fingerprint density at radius 3 is 2.62 bits per heavy atom. The van der Waals surface area contributed by atoms with Crippen molar-refractivity contribution in [1.82, 2.24) is 19.8 Å². The molecule has 2 aromatic rings. The summed E-state index contributed by atoms with van der Waals surface area (Å²) in [7, 11) is 0. The van der Waals surface area contributed by atoms with E-state index in [1.807, 2.05) is 29.2 Å². The van der Waals surface area contributed by atoms with Crippen LogP contribution < -0.4 is 16.7 Å². The van der Waals surface area contributed by atoms with Gasteiger partial charge in [-0.3, -0.25) is 19.6 Å². The van der Waals surface area contributed by atoms with E-state index in [0.717, 1.165) is 23.9 Å². The third kappa shape index (κ3) is 3.05. The summed E-state index contributed by atoms with van der Waals surface area (Å²) in [5.41, 5.74) is 6.62. The largest absolute Gasteiger partial charge is 0.351 e. The van der Waals surface area contributed by atoms with E-state index in [2.05, 4.69) is 10.3 Å². The van der Waals surface area contributed by atoms with Crippen LogP contribution in [-0.2, 0) is 4.79 Å². The smallest absolute Gasteiger partial charge is 0.326 e. The van der Waals surface area contributed by atoms with Gasteiger partial charge in [0.05, 0.1) is 17.1 Å². The van der Waals surface area contributed by atoms with Crippen LogP contribution in [-0.4, -0.2) is 45.5 Å². The first-order valence-electron chi connectivity index (χ1n) is 8.01. The van der Waals surface area contributed by atoms with Gasteiger partial charge in [-0.1, -0.05) is 12.1 Å². The number of nitrogens with two attached hydrogens (primary N) is 1. The summed E-state index contributed by atoms with van der Waals surface area (Å²) in [6.07, 6.45) is 1.52. The minimum Gasteiger partial charge on any atom is -0.351 e. The number of imidazole rings is 1. The molecule has 0 radical (unpaired) electrons. The number of amides is 3. The number of rotatable bonds is 3. The molecule has 1 fully saturated rings. The quantitative estimate of drug-likeness (QED) is 0.762. The van der Waals surface area contributed by atoms with Crippen LogP contribution in [0.3, 0.4) is 0 Å². The molecule has 2 heterocycles. The molecule has 1 aromatic heterocycles. The van der Waals surface area contributed by atoms with Gasteiger partial charge in [0.1, 0.15) is 0 Å². The number of H-pyrrole nitrogens is 1. The summed E-state index contributed by atoms with van der Waals surface area (Å²) in [5, 5.41) is 2.11. The average Bonchev–Trinajstić information content (AvgIpc) is 2.89. The minimum absolute atomic E-state index is 0.0938. The maximum absolute atomic E-state index is 12.3. The second kappa shape index (κ2) is 6.48. The number of hydrogen-bond acceptors (Lipinski definition) is 4. The van der Waals surface area contributed by atoms with Gasteiger partial charge >= 0.3 is 11.7 Å². The lowest BCUT2D eigenvalue weighted by Crippen LogP contribution is -2.51. The molecule has 0 saturated carbocycles. The standard InChI is InChI=1S/C16H21N5O3/c1-10(14(22)19-15(17)23)20-8-6-11(7-9-20)21-13-5-3-2-4-12(13)18-16(21)24/h2-5,10-11H,6-9H2,1H3,(H,18,24)(H3,17,19,22,23). The van der Waals surface area contributed by atoms with Crippen LogP contribution in [0.1, 0.15) is 25.8 Å². The molecule has 8 heteroatoms. The number of para-hydroxylation sites is 2. The number of carbonyl (C=O) groups excluding carboxylic acids is 2. The molecule has 24 heavy (non-hydrogen) atoms. The van der Waals surface area contributed by atoms with E-state index in [0.29, 0.717) is 13.1 Å².